The maximum atomic E-state index is 10.9. The van der Waals surface area contributed by atoms with E-state index in [1.165, 1.54) is 28.9 Å². The highest BCUT2D eigenvalue weighted by molar-refractivity contribution is 7.86. The molecule has 3 aliphatic heterocycles. The molecule has 0 bridgehead atoms. The van der Waals surface area contributed by atoms with Crippen LogP contribution in [0.15, 0.2) is 111 Å². The number of anilines is 4. The standard InChI is InChI=1S/C14H17N4O2.C14H19N4.C11H14N2O5S.C4H6N2.C4H10O.CH4O3S.2ClH/c1-15-6-7-16(11-15)8-9-17-5-4-12-2-3-13(18(19)20)10-14(12)17;1-16-6-7-17(11-16)8-9-18-5-4-12-2-3-13(15)10-14(12)18;1-19(16,17)18-7-6-12-5-4-9-2-3-10(13(14)15)8-11(9)12;1-6-3-2-5-4-6;1-2-3-4-5;1-5(2,3)4;;/h2-3,6-7,10-11H,4-5,8-9H2,1H3;2-3,6-7,10-11H,4-5,8-9,15H2,1H3;2-3,8H,4-7H2,1H3;2-4H,1H3;5H,2-4H2,1H3;1H3,(H,2,3,4);2*1H/q2*+1;;;;;;/p-2. The van der Waals surface area contributed by atoms with Gasteiger partial charge in [0.2, 0.25) is 12.7 Å². The SMILES string of the molecule is CCCCO.CS(=O)(=O)OCCN1CCc2ccc([N+](=O)[O-])cc21.CS(=O)(=O)[O-].C[n+]1ccn(CCN2CCc3ccc(N)cc32)c1.C[n+]1ccn(CCN2CCc3ccc([N+](=O)[O-])cc32)c1.Cl.Cn1ccnc1.[Cl-]. The number of aryl methyl sites for hydroxylation is 3. The number of halogens is 2. The van der Waals surface area contributed by atoms with Crippen LogP contribution in [0.25, 0.3) is 0 Å². The number of non-ortho nitro benzene ring substituents is 2. The molecule has 3 aliphatic rings. The zero-order valence-corrected chi connectivity index (χ0v) is 46.3. The molecule has 0 amide bonds. The average Bonchev–Trinajstić information content (AvgIpc) is 4.21. The van der Waals surface area contributed by atoms with Crippen LogP contribution in [0.2, 0.25) is 0 Å². The van der Waals surface area contributed by atoms with Crippen molar-refractivity contribution in [3.8, 4) is 0 Å². The summed E-state index contributed by atoms with van der Waals surface area (Å²) in [6.07, 6.45) is 24.3. The molecule has 9 rings (SSSR count). The second kappa shape index (κ2) is 31.5. The number of aliphatic hydroxyl groups excluding tert-OH is 1. The van der Waals surface area contributed by atoms with Crippen LogP contribution in [0, 0.1) is 20.2 Å². The molecule has 23 nitrogen and oxygen atoms in total. The zero-order valence-electron chi connectivity index (χ0n) is 43.1. The third kappa shape index (κ3) is 23.4. The summed E-state index contributed by atoms with van der Waals surface area (Å²) in [7, 11) is -1.39. The maximum absolute atomic E-state index is 10.9. The number of imidazole rings is 3. The minimum atomic E-state index is -3.92. The predicted octanol–water partition coefficient (Wildman–Crippen LogP) is 0.961. The number of rotatable bonds is 14. The molecule has 0 saturated heterocycles. The van der Waals surface area contributed by atoms with Crippen LogP contribution in [-0.4, -0.2) is 120 Å². The Balaban J connectivity index is 0.000000332. The number of nitro benzene ring substituents is 2. The van der Waals surface area contributed by atoms with E-state index in [-0.39, 0.29) is 47.7 Å². The number of nitrogen functional groups attached to an aromatic ring is 1. The highest BCUT2D eigenvalue weighted by Gasteiger charge is 2.24. The Labute approximate surface area is 451 Å². The molecule has 6 heterocycles. The molecule has 3 N–H and O–H groups in total. The van der Waals surface area contributed by atoms with E-state index in [1.807, 2.05) is 72.2 Å². The highest BCUT2D eigenvalue weighted by atomic mass is 35.5. The molecule has 75 heavy (non-hydrogen) atoms. The Morgan fingerprint density at radius 2 is 1.15 bits per heavy atom. The number of aliphatic hydroxyl groups is 1. The maximum Gasteiger partial charge on any atom is 0.271 e. The lowest BCUT2D eigenvalue weighted by molar-refractivity contribution is -0.671. The van der Waals surface area contributed by atoms with Crippen molar-refractivity contribution in [1.29, 1.82) is 0 Å². The van der Waals surface area contributed by atoms with Gasteiger partial charge < -0.3 is 47.1 Å². The Morgan fingerprint density at radius 1 is 0.720 bits per heavy atom. The van der Waals surface area contributed by atoms with Gasteiger partial charge in [-0.2, -0.15) is 8.42 Å². The molecule has 414 valence electrons. The van der Waals surface area contributed by atoms with Gasteiger partial charge in [0.15, 0.2) is 0 Å². The van der Waals surface area contributed by atoms with Crippen molar-refractivity contribution < 1.29 is 62.1 Å². The Bertz CT molecular complexity index is 2910. The third-order valence-electron chi connectivity index (χ3n) is 11.4. The van der Waals surface area contributed by atoms with Crippen LogP contribution in [0.3, 0.4) is 0 Å². The molecule has 0 spiro atoms. The van der Waals surface area contributed by atoms with Crippen molar-refractivity contribution in [3.63, 3.8) is 0 Å². The quantitative estimate of drug-likeness (QED) is 0.0384. The van der Waals surface area contributed by atoms with Gasteiger partial charge >= 0.3 is 0 Å². The van der Waals surface area contributed by atoms with E-state index in [0.717, 1.165) is 100 Å². The predicted molar refractivity (Wildman–Crippen MR) is 285 cm³/mol. The minimum Gasteiger partial charge on any atom is -1.00 e. The molecule has 27 heteroatoms. The lowest BCUT2D eigenvalue weighted by Gasteiger charge is -2.18. The van der Waals surface area contributed by atoms with Crippen molar-refractivity contribution >= 4 is 66.8 Å². The van der Waals surface area contributed by atoms with E-state index in [1.54, 1.807) is 30.7 Å². The van der Waals surface area contributed by atoms with Crippen LogP contribution in [0.5, 0.6) is 0 Å². The summed E-state index contributed by atoms with van der Waals surface area (Å²) in [6, 6.07) is 16.1. The summed E-state index contributed by atoms with van der Waals surface area (Å²) in [4.78, 5) is 31.2. The number of unbranched alkanes of at least 4 members (excludes halogenated alkanes) is 1. The summed E-state index contributed by atoms with van der Waals surface area (Å²) in [6.45, 7) is 9.36. The van der Waals surface area contributed by atoms with Gasteiger partial charge in [0.1, 0.15) is 37.9 Å². The molecule has 3 aromatic heterocycles. The van der Waals surface area contributed by atoms with Gasteiger partial charge in [-0.1, -0.05) is 31.5 Å². The topological polar surface area (TPSA) is 278 Å². The molecule has 0 aliphatic carbocycles. The smallest absolute Gasteiger partial charge is 0.271 e. The first kappa shape index (κ1) is 64.8. The van der Waals surface area contributed by atoms with Crippen molar-refractivity contribution in [2.75, 3.05) is 85.4 Å². The van der Waals surface area contributed by atoms with Crippen molar-refractivity contribution in [3.05, 3.63) is 148 Å². The Hall–Kier alpha value is -6.35. The molecule has 0 saturated carbocycles. The summed E-state index contributed by atoms with van der Waals surface area (Å²) in [5.41, 5.74) is 13.7. The number of aromatic nitrogens is 6. The van der Waals surface area contributed by atoms with Crippen LogP contribution >= 0.6 is 12.4 Å². The molecule has 0 atom stereocenters. The van der Waals surface area contributed by atoms with Gasteiger partial charge in [0.25, 0.3) is 21.5 Å². The Morgan fingerprint density at radius 3 is 1.47 bits per heavy atom. The fraction of sp³-hybridized carbons (Fsp3) is 0.438. The number of nitrogens with two attached hydrogens (primary N) is 1. The largest absolute Gasteiger partial charge is 1.00 e. The normalized spacial score (nSPS) is 12.7. The summed E-state index contributed by atoms with van der Waals surface area (Å²) >= 11 is 0. The van der Waals surface area contributed by atoms with Crippen molar-refractivity contribution in [2.45, 2.75) is 52.1 Å². The first-order valence-corrected chi connectivity index (χ1v) is 27.1. The fourth-order valence-electron chi connectivity index (χ4n) is 7.78. The van der Waals surface area contributed by atoms with E-state index in [9.17, 15) is 28.6 Å². The van der Waals surface area contributed by atoms with Gasteiger partial charge in [0.05, 0.1) is 66.3 Å². The molecule has 6 aromatic rings. The fourth-order valence-corrected chi connectivity index (χ4v) is 8.15. The zero-order chi connectivity index (χ0) is 53.7. The van der Waals surface area contributed by atoms with E-state index < -0.39 is 25.2 Å². The van der Waals surface area contributed by atoms with E-state index in [4.69, 9.17) is 23.8 Å². The van der Waals surface area contributed by atoms with Gasteiger partial charge in [-0.25, -0.2) is 31.7 Å². The van der Waals surface area contributed by atoms with Gasteiger partial charge in [-0.05, 0) is 54.5 Å². The van der Waals surface area contributed by atoms with Crippen LogP contribution < -0.4 is 42.0 Å². The van der Waals surface area contributed by atoms with Crippen molar-refractivity contribution in [1.82, 2.24) is 18.7 Å². The summed E-state index contributed by atoms with van der Waals surface area (Å²) in [5, 5.41) is 29.7. The van der Waals surface area contributed by atoms with Crippen molar-refractivity contribution in [2.24, 2.45) is 21.1 Å². The number of hydrogen-bond donors (Lipinski definition) is 2. The van der Waals surface area contributed by atoms with Crippen LogP contribution in [0.1, 0.15) is 36.5 Å². The first-order valence-electron chi connectivity index (χ1n) is 23.5. The molecular weight excluding hydrogens is 1060 g/mol. The second-order valence-corrected chi connectivity index (χ2v) is 20.5. The molecule has 0 fully saturated rings. The van der Waals surface area contributed by atoms with Gasteiger partial charge in [0, 0.05) is 105 Å². The molecule has 0 radical (unpaired) electrons. The minimum absolute atomic E-state index is 0. The number of benzene rings is 3. The van der Waals surface area contributed by atoms with Gasteiger partial charge in [-0.15, -0.1) is 12.4 Å². The Kier molecular flexibility index (Phi) is 27.2. The van der Waals surface area contributed by atoms with E-state index in [0.29, 0.717) is 26.0 Å². The number of fused-ring (bicyclic) bond motifs is 3. The van der Waals surface area contributed by atoms with E-state index >= 15 is 0 Å². The average molecular weight is 1130 g/mol. The lowest BCUT2D eigenvalue weighted by Crippen LogP contribution is -3.00. The highest BCUT2D eigenvalue weighted by Crippen LogP contribution is 2.33. The van der Waals surface area contributed by atoms with Gasteiger partial charge in [-0.3, -0.25) is 24.4 Å². The number of nitro groups is 2. The summed E-state index contributed by atoms with van der Waals surface area (Å²) < 4.78 is 63.9. The third-order valence-corrected chi connectivity index (χ3v) is 11.9. The van der Waals surface area contributed by atoms with E-state index in [2.05, 4.69) is 70.4 Å². The second-order valence-electron chi connectivity index (χ2n) is 17.4. The molecule has 3 aromatic carbocycles. The first-order chi connectivity index (χ1) is 34.5. The lowest BCUT2D eigenvalue weighted by atomic mass is 10.1. The number of hydrogen-bond acceptors (Lipinski definition) is 16. The molecular formula is C48H70Cl2N12O11S2. The number of nitrogens with zero attached hydrogens (tertiary/aromatic N) is 11. The molecule has 0 unspecified atom stereocenters. The van der Waals surface area contributed by atoms with Crippen LogP contribution in [-0.2, 0) is 77.9 Å². The monoisotopic (exact) mass is 1120 g/mol. The van der Waals surface area contributed by atoms with Crippen LogP contribution in [0.4, 0.5) is 34.1 Å². The summed E-state index contributed by atoms with van der Waals surface area (Å²) in [5.74, 6) is 0.